The maximum Gasteiger partial charge on any atom is 0.321 e. The Kier molecular flexibility index (Phi) is 5.48. The molecule has 7 heteroatoms. The van der Waals surface area contributed by atoms with Crippen molar-refractivity contribution in [1.82, 2.24) is 10.6 Å². The van der Waals surface area contributed by atoms with Crippen LogP contribution in [-0.2, 0) is 6.54 Å². The summed E-state index contributed by atoms with van der Waals surface area (Å²) in [4.78, 5) is 25.8. The fourth-order valence-electron chi connectivity index (χ4n) is 2.80. The third kappa shape index (κ3) is 4.00. The van der Waals surface area contributed by atoms with Gasteiger partial charge in [0.05, 0.1) is 5.56 Å². The fourth-order valence-corrected chi connectivity index (χ4v) is 2.80. The van der Waals surface area contributed by atoms with Gasteiger partial charge in [0.15, 0.2) is 0 Å². The molecule has 3 amide bonds. The van der Waals surface area contributed by atoms with Crippen molar-refractivity contribution in [3.8, 4) is 0 Å². The molecule has 1 aliphatic heterocycles. The van der Waals surface area contributed by atoms with Crippen LogP contribution in [0.25, 0.3) is 0 Å². The molecule has 1 saturated heterocycles. The number of hydrogen-bond acceptors (Lipinski definition) is 3. The first-order chi connectivity index (χ1) is 12.6. The van der Waals surface area contributed by atoms with Gasteiger partial charge < -0.3 is 16.0 Å². The molecule has 26 heavy (non-hydrogen) atoms. The molecule has 2 aromatic carbocycles. The van der Waals surface area contributed by atoms with E-state index in [2.05, 4.69) is 16.0 Å². The van der Waals surface area contributed by atoms with Crippen LogP contribution in [0.2, 0.25) is 0 Å². The average molecular weight is 356 g/mol. The van der Waals surface area contributed by atoms with Crippen LogP contribution in [0.15, 0.2) is 42.5 Å². The van der Waals surface area contributed by atoms with Crippen LogP contribution >= 0.6 is 0 Å². The molecule has 1 fully saturated rings. The number of anilines is 2. The van der Waals surface area contributed by atoms with Crippen molar-refractivity contribution in [2.45, 2.75) is 13.5 Å². The van der Waals surface area contributed by atoms with Gasteiger partial charge in [-0.2, -0.15) is 0 Å². The second-order valence-electron chi connectivity index (χ2n) is 5.98. The molecule has 0 spiro atoms. The van der Waals surface area contributed by atoms with E-state index in [1.165, 1.54) is 23.1 Å². The molecule has 136 valence electrons. The highest BCUT2D eigenvalue weighted by Gasteiger charge is 2.23. The summed E-state index contributed by atoms with van der Waals surface area (Å²) in [5, 5.41) is 8.61. The molecule has 1 heterocycles. The average Bonchev–Trinajstić information content (AvgIpc) is 3.06. The molecule has 3 rings (SSSR count). The lowest BCUT2D eigenvalue weighted by Gasteiger charge is -2.16. The summed E-state index contributed by atoms with van der Waals surface area (Å²) in [5.74, 6) is -1.18. The number of halogens is 1. The Balaban J connectivity index is 1.78. The summed E-state index contributed by atoms with van der Waals surface area (Å²) in [5.41, 5.74) is 2.01. The first kappa shape index (κ1) is 17.9. The van der Waals surface area contributed by atoms with Crippen molar-refractivity contribution >= 4 is 23.3 Å². The van der Waals surface area contributed by atoms with Gasteiger partial charge in [-0.15, -0.1) is 0 Å². The lowest BCUT2D eigenvalue weighted by atomic mass is 10.1. The van der Waals surface area contributed by atoms with E-state index in [0.29, 0.717) is 31.0 Å². The first-order valence-corrected chi connectivity index (χ1v) is 8.54. The van der Waals surface area contributed by atoms with Gasteiger partial charge in [0.2, 0.25) is 0 Å². The number of benzene rings is 2. The zero-order valence-corrected chi connectivity index (χ0v) is 14.5. The topological polar surface area (TPSA) is 73.5 Å². The van der Waals surface area contributed by atoms with E-state index in [-0.39, 0.29) is 11.6 Å². The van der Waals surface area contributed by atoms with Crippen molar-refractivity contribution in [2.75, 3.05) is 29.9 Å². The van der Waals surface area contributed by atoms with Crippen LogP contribution in [-0.4, -0.2) is 31.6 Å². The molecule has 0 unspecified atom stereocenters. The second-order valence-corrected chi connectivity index (χ2v) is 5.98. The van der Waals surface area contributed by atoms with Gasteiger partial charge in [0.1, 0.15) is 5.82 Å². The minimum absolute atomic E-state index is 0.0979. The van der Waals surface area contributed by atoms with Gasteiger partial charge in [-0.25, -0.2) is 9.18 Å². The summed E-state index contributed by atoms with van der Waals surface area (Å²) in [6, 6.07) is 11.2. The minimum Gasteiger partial charge on any atom is -0.336 e. The van der Waals surface area contributed by atoms with Crippen LogP contribution < -0.4 is 20.9 Å². The van der Waals surface area contributed by atoms with Gasteiger partial charge in [-0.1, -0.05) is 19.1 Å². The quantitative estimate of drug-likeness (QED) is 0.745. The molecule has 0 aromatic heterocycles. The number of carbonyl (C=O) groups excluding carboxylic acids is 2. The van der Waals surface area contributed by atoms with Crippen LogP contribution in [0.1, 0.15) is 22.8 Å². The van der Waals surface area contributed by atoms with Crippen molar-refractivity contribution in [2.24, 2.45) is 0 Å². The monoisotopic (exact) mass is 356 g/mol. The molecule has 2 aromatic rings. The van der Waals surface area contributed by atoms with E-state index in [4.69, 9.17) is 0 Å². The predicted octanol–water partition coefficient (Wildman–Crippen LogP) is 2.72. The van der Waals surface area contributed by atoms with Crippen molar-refractivity contribution < 1.29 is 14.0 Å². The molecule has 3 N–H and O–H groups in total. The largest absolute Gasteiger partial charge is 0.336 e. The standard InChI is InChI=1S/C19H21FN4O2/c1-2-21-12-13-4-3-5-14(10-13)23-18(25)16-11-15(6-7-17(16)20)24-9-8-22-19(24)26/h3-7,10-11,21H,2,8-9,12H2,1H3,(H,22,26)(H,23,25). The number of hydrogen-bond donors (Lipinski definition) is 3. The summed E-state index contributed by atoms with van der Waals surface area (Å²) < 4.78 is 14.2. The normalized spacial score (nSPS) is 13.6. The van der Waals surface area contributed by atoms with Crippen molar-refractivity contribution in [1.29, 1.82) is 0 Å². The molecule has 0 saturated carbocycles. The number of amides is 3. The van der Waals surface area contributed by atoms with Gasteiger partial charge in [-0.3, -0.25) is 9.69 Å². The van der Waals surface area contributed by atoms with E-state index in [9.17, 15) is 14.0 Å². The number of nitrogens with one attached hydrogen (secondary N) is 3. The molecule has 0 atom stereocenters. The molecule has 0 bridgehead atoms. The van der Waals surface area contributed by atoms with Crippen LogP contribution in [0.5, 0.6) is 0 Å². The molecule has 1 aliphatic rings. The van der Waals surface area contributed by atoms with E-state index in [0.717, 1.165) is 12.1 Å². The van der Waals surface area contributed by atoms with Crippen LogP contribution in [0.4, 0.5) is 20.6 Å². The SMILES string of the molecule is CCNCc1cccc(NC(=O)c2cc(N3CCNC3=O)ccc2F)c1. The lowest BCUT2D eigenvalue weighted by Crippen LogP contribution is -2.28. The molecule has 0 aliphatic carbocycles. The Morgan fingerprint density at radius 3 is 2.85 bits per heavy atom. The van der Waals surface area contributed by atoms with Gasteiger partial charge >= 0.3 is 6.03 Å². The number of rotatable bonds is 6. The van der Waals surface area contributed by atoms with E-state index in [1.54, 1.807) is 6.07 Å². The summed E-state index contributed by atoms with van der Waals surface area (Å²) in [7, 11) is 0. The number of nitrogens with zero attached hydrogens (tertiary/aromatic N) is 1. The second kappa shape index (κ2) is 7.97. The smallest absolute Gasteiger partial charge is 0.321 e. The highest BCUT2D eigenvalue weighted by Crippen LogP contribution is 2.22. The number of carbonyl (C=O) groups is 2. The summed E-state index contributed by atoms with van der Waals surface area (Å²) in [6.45, 7) is 4.56. The predicted molar refractivity (Wildman–Crippen MR) is 98.9 cm³/mol. The van der Waals surface area contributed by atoms with Gasteiger partial charge in [0.25, 0.3) is 5.91 Å². The Bertz CT molecular complexity index is 825. The molecular formula is C19H21FN4O2. The Morgan fingerprint density at radius 2 is 2.12 bits per heavy atom. The van der Waals surface area contributed by atoms with E-state index < -0.39 is 11.7 Å². The third-order valence-corrected chi connectivity index (χ3v) is 4.13. The highest BCUT2D eigenvalue weighted by molar-refractivity contribution is 6.05. The Hall–Kier alpha value is -2.93. The van der Waals surface area contributed by atoms with Crippen LogP contribution in [0.3, 0.4) is 0 Å². The molecule has 6 nitrogen and oxygen atoms in total. The summed E-state index contributed by atoms with van der Waals surface area (Å²) >= 11 is 0. The maximum absolute atomic E-state index is 14.2. The van der Waals surface area contributed by atoms with Gasteiger partial charge in [-0.05, 0) is 42.4 Å². The maximum atomic E-state index is 14.2. The molecular weight excluding hydrogens is 335 g/mol. The lowest BCUT2D eigenvalue weighted by molar-refractivity contribution is 0.102. The number of urea groups is 1. The van der Waals surface area contributed by atoms with Crippen LogP contribution in [0, 0.1) is 5.82 Å². The van der Waals surface area contributed by atoms with Crippen molar-refractivity contribution in [3.05, 3.63) is 59.4 Å². The zero-order chi connectivity index (χ0) is 18.5. The zero-order valence-electron chi connectivity index (χ0n) is 14.5. The Labute approximate surface area is 151 Å². The van der Waals surface area contributed by atoms with E-state index >= 15 is 0 Å². The first-order valence-electron chi connectivity index (χ1n) is 8.54. The van der Waals surface area contributed by atoms with Crippen molar-refractivity contribution in [3.63, 3.8) is 0 Å². The molecule has 0 radical (unpaired) electrons. The Morgan fingerprint density at radius 1 is 1.27 bits per heavy atom. The summed E-state index contributed by atoms with van der Waals surface area (Å²) in [6.07, 6.45) is 0. The third-order valence-electron chi connectivity index (χ3n) is 4.13. The van der Waals surface area contributed by atoms with E-state index in [1.807, 2.05) is 25.1 Å². The minimum atomic E-state index is -0.630. The highest BCUT2D eigenvalue weighted by atomic mass is 19.1. The van der Waals surface area contributed by atoms with Gasteiger partial charge in [0, 0.05) is 31.0 Å². The fraction of sp³-hybridized carbons (Fsp3) is 0.263.